The smallest absolute Gasteiger partial charge is 0.339 e. The number of aromatic nitrogens is 3. The molecular formula is C15H18N4O4. The van der Waals surface area contributed by atoms with E-state index >= 15 is 0 Å². The van der Waals surface area contributed by atoms with Crippen molar-refractivity contribution < 1.29 is 19.1 Å². The Morgan fingerprint density at radius 3 is 2.48 bits per heavy atom. The Hall–Kier alpha value is -2.90. The van der Waals surface area contributed by atoms with Crippen LogP contribution in [0.2, 0.25) is 0 Å². The summed E-state index contributed by atoms with van der Waals surface area (Å²) in [6, 6.07) is 2.66. The van der Waals surface area contributed by atoms with Crippen LogP contribution in [0, 0.1) is 19.1 Å². The number of rotatable bonds is 4. The lowest BCUT2D eigenvalue weighted by atomic mass is 10.2. The van der Waals surface area contributed by atoms with E-state index in [0.717, 1.165) is 5.69 Å². The molecule has 0 fully saturated rings. The molecule has 8 nitrogen and oxygen atoms in total. The zero-order valence-corrected chi connectivity index (χ0v) is 13.4. The largest absolute Gasteiger partial charge is 0.619 e. The van der Waals surface area contributed by atoms with Crippen LogP contribution in [0.4, 0.5) is 5.69 Å². The summed E-state index contributed by atoms with van der Waals surface area (Å²) < 4.78 is 7.32. The standard InChI is InChI=1S/C15H18N4O4/c1-9-13(10(2)18(4)17-9)16-14(20)11(3)23-15(21)12-5-7-19(22)8-6-12/h5-8,11H,1-4H3,(H,16,20)/t11-/m0/s1. The molecule has 1 N–H and O–H groups in total. The molecule has 0 aromatic carbocycles. The molecule has 0 unspecified atom stereocenters. The lowest BCUT2D eigenvalue weighted by molar-refractivity contribution is -0.605. The van der Waals surface area contributed by atoms with Gasteiger partial charge in [0, 0.05) is 19.2 Å². The molecule has 2 aromatic rings. The molecule has 0 aliphatic heterocycles. The monoisotopic (exact) mass is 318 g/mol. The van der Waals surface area contributed by atoms with E-state index in [2.05, 4.69) is 10.4 Å². The number of nitrogens with zero attached hydrogens (tertiary/aromatic N) is 3. The van der Waals surface area contributed by atoms with Gasteiger partial charge in [0.1, 0.15) is 0 Å². The van der Waals surface area contributed by atoms with Crippen molar-refractivity contribution in [1.29, 1.82) is 0 Å². The second-order valence-electron chi connectivity index (χ2n) is 5.15. The second-order valence-corrected chi connectivity index (χ2v) is 5.15. The van der Waals surface area contributed by atoms with Crippen molar-refractivity contribution in [2.75, 3.05) is 5.32 Å². The average Bonchev–Trinajstić information content (AvgIpc) is 2.74. The van der Waals surface area contributed by atoms with Crippen LogP contribution in [0.3, 0.4) is 0 Å². The summed E-state index contributed by atoms with van der Waals surface area (Å²) in [5, 5.41) is 17.8. The Morgan fingerprint density at radius 1 is 1.35 bits per heavy atom. The number of hydrogen-bond acceptors (Lipinski definition) is 5. The number of nitrogens with one attached hydrogen (secondary N) is 1. The third kappa shape index (κ3) is 3.65. The fourth-order valence-electron chi connectivity index (χ4n) is 2.01. The Morgan fingerprint density at radius 2 is 1.96 bits per heavy atom. The van der Waals surface area contributed by atoms with Gasteiger partial charge in [-0.15, -0.1) is 0 Å². The van der Waals surface area contributed by atoms with Crippen LogP contribution >= 0.6 is 0 Å². The highest BCUT2D eigenvalue weighted by Crippen LogP contribution is 2.18. The van der Waals surface area contributed by atoms with Crippen molar-refractivity contribution in [3.8, 4) is 0 Å². The molecular weight excluding hydrogens is 300 g/mol. The number of ether oxygens (including phenoxy) is 1. The quantitative estimate of drug-likeness (QED) is 0.512. The number of esters is 1. The molecule has 0 spiro atoms. The molecule has 0 bridgehead atoms. The zero-order valence-electron chi connectivity index (χ0n) is 13.4. The van der Waals surface area contributed by atoms with Crippen LogP contribution in [0.15, 0.2) is 24.5 Å². The molecule has 0 aliphatic carbocycles. The van der Waals surface area contributed by atoms with E-state index in [-0.39, 0.29) is 5.56 Å². The lowest BCUT2D eigenvalue weighted by Crippen LogP contribution is -2.31. The fraction of sp³-hybridized carbons (Fsp3) is 0.333. The maximum absolute atomic E-state index is 12.2. The van der Waals surface area contributed by atoms with Crippen LogP contribution in [0.1, 0.15) is 28.7 Å². The van der Waals surface area contributed by atoms with Gasteiger partial charge in [-0.2, -0.15) is 9.83 Å². The highest BCUT2D eigenvalue weighted by atomic mass is 16.5. The fourth-order valence-corrected chi connectivity index (χ4v) is 2.01. The number of anilines is 1. The Labute approximate surface area is 133 Å². The van der Waals surface area contributed by atoms with E-state index in [1.807, 2.05) is 6.92 Å². The topological polar surface area (TPSA) is 100 Å². The predicted octanol–water partition coefficient (Wildman–Crippen LogP) is 0.854. The summed E-state index contributed by atoms with van der Waals surface area (Å²) in [6.07, 6.45) is 1.38. The predicted molar refractivity (Wildman–Crippen MR) is 81.6 cm³/mol. The number of carbonyl (C=O) groups excluding carboxylic acids is 2. The lowest BCUT2D eigenvalue weighted by Gasteiger charge is -2.13. The van der Waals surface area contributed by atoms with Crippen LogP contribution < -0.4 is 10.0 Å². The van der Waals surface area contributed by atoms with Gasteiger partial charge in [0.2, 0.25) is 0 Å². The van der Waals surface area contributed by atoms with Crippen molar-refractivity contribution in [3.63, 3.8) is 0 Å². The molecule has 122 valence electrons. The summed E-state index contributed by atoms with van der Waals surface area (Å²) >= 11 is 0. The van der Waals surface area contributed by atoms with Gasteiger partial charge in [0.25, 0.3) is 5.91 Å². The van der Waals surface area contributed by atoms with Crippen molar-refractivity contribution in [2.45, 2.75) is 26.9 Å². The summed E-state index contributed by atoms with van der Waals surface area (Å²) in [7, 11) is 1.78. The number of hydrogen-bond donors (Lipinski definition) is 1. The van der Waals surface area contributed by atoms with Crippen LogP contribution in [-0.2, 0) is 16.6 Å². The maximum Gasteiger partial charge on any atom is 0.339 e. The third-order valence-corrected chi connectivity index (χ3v) is 3.45. The summed E-state index contributed by atoms with van der Waals surface area (Å²) in [4.78, 5) is 24.1. The van der Waals surface area contributed by atoms with Gasteiger partial charge >= 0.3 is 5.97 Å². The Balaban J connectivity index is 2.02. The van der Waals surface area contributed by atoms with E-state index in [1.54, 1.807) is 18.7 Å². The number of carbonyl (C=O) groups is 2. The van der Waals surface area contributed by atoms with Gasteiger partial charge in [0.05, 0.1) is 22.6 Å². The van der Waals surface area contributed by atoms with E-state index in [1.165, 1.54) is 31.5 Å². The van der Waals surface area contributed by atoms with Crippen molar-refractivity contribution in [2.24, 2.45) is 7.05 Å². The molecule has 8 heteroatoms. The minimum Gasteiger partial charge on any atom is -0.619 e. The maximum atomic E-state index is 12.2. The number of amides is 1. The molecule has 0 saturated heterocycles. The summed E-state index contributed by atoms with van der Waals surface area (Å²) in [5.74, 6) is -1.12. The minimum atomic E-state index is -0.985. The first-order chi connectivity index (χ1) is 10.8. The molecule has 1 amide bonds. The molecule has 2 rings (SSSR count). The molecule has 2 heterocycles. The van der Waals surface area contributed by atoms with Gasteiger partial charge in [-0.1, -0.05) is 0 Å². The Bertz CT molecular complexity index is 737. The van der Waals surface area contributed by atoms with Gasteiger partial charge in [-0.05, 0) is 20.8 Å². The van der Waals surface area contributed by atoms with Gasteiger partial charge in [-0.3, -0.25) is 9.48 Å². The third-order valence-electron chi connectivity index (χ3n) is 3.45. The van der Waals surface area contributed by atoms with Crippen molar-refractivity contribution in [1.82, 2.24) is 9.78 Å². The molecule has 0 radical (unpaired) electrons. The first-order valence-electron chi connectivity index (χ1n) is 7.00. The SMILES string of the molecule is Cc1nn(C)c(C)c1NC(=O)[C@H](C)OC(=O)c1cc[n+]([O-])cc1. The van der Waals surface area contributed by atoms with E-state index in [9.17, 15) is 14.8 Å². The first kappa shape index (κ1) is 16.5. The van der Waals surface area contributed by atoms with Crippen LogP contribution in [0.5, 0.6) is 0 Å². The molecule has 2 aromatic heterocycles. The van der Waals surface area contributed by atoms with Crippen molar-refractivity contribution in [3.05, 3.63) is 46.7 Å². The number of pyridine rings is 1. The molecule has 1 atom stereocenters. The van der Waals surface area contributed by atoms with Gasteiger partial charge in [0.15, 0.2) is 18.5 Å². The van der Waals surface area contributed by atoms with E-state index in [4.69, 9.17) is 4.74 Å². The highest BCUT2D eigenvalue weighted by molar-refractivity contribution is 5.97. The zero-order chi connectivity index (χ0) is 17.1. The minimum absolute atomic E-state index is 0.200. The number of aryl methyl sites for hydroxylation is 2. The normalized spacial score (nSPS) is 11.8. The highest BCUT2D eigenvalue weighted by Gasteiger charge is 2.21. The van der Waals surface area contributed by atoms with Crippen LogP contribution in [0.25, 0.3) is 0 Å². The van der Waals surface area contributed by atoms with Gasteiger partial charge < -0.3 is 15.3 Å². The van der Waals surface area contributed by atoms with Crippen LogP contribution in [-0.4, -0.2) is 27.8 Å². The Kier molecular flexibility index (Phi) is 4.63. The molecule has 0 saturated carbocycles. The van der Waals surface area contributed by atoms with Crippen molar-refractivity contribution >= 4 is 17.6 Å². The summed E-state index contributed by atoms with van der Waals surface area (Å²) in [5.41, 5.74) is 2.29. The van der Waals surface area contributed by atoms with E-state index in [0.29, 0.717) is 16.1 Å². The summed E-state index contributed by atoms with van der Waals surface area (Å²) in [6.45, 7) is 5.08. The van der Waals surface area contributed by atoms with Gasteiger partial charge in [-0.25, -0.2) is 4.79 Å². The molecule has 0 aliphatic rings. The van der Waals surface area contributed by atoms with E-state index < -0.39 is 18.0 Å². The molecule has 23 heavy (non-hydrogen) atoms. The average molecular weight is 318 g/mol. The second kappa shape index (κ2) is 6.47. The first-order valence-corrected chi connectivity index (χ1v) is 7.00.